The maximum atomic E-state index is 11.9. The van der Waals surface area contributed by atoms with Crippen molar-refractivity contribution in [1.82, 2.24) is 5.43 Å². The highest BCUT2D eigenvalue weighted by atomic mass is 79.9. The standard InChI is InChI=1S/C19H21BrN2O3S/c1-4-25-19-16(20)9-14(10-17(19)24-3)11-21-22-18(23)12-26-15-7-5-13(2)6-8-15/h5-11H,4,12H2,1-3H3,(H,22,23)/b21-11+. The molecule has 0 atom stereocenters. The van der Waals surface area contributed by atoms with Crippen molar-refractivity contribution in [2.75, 3.05) is 19.5 Å². The highest BCUT2D eigenvalue weighted by molar-refractivity contribution is 9.10. The molecule has 0 radical (unpaired) electrons. The van der Waals surface area contributed by atoms with Crippen LogP contribution in [0, 0.1) is 6.92 Å². The molecule has 138 valence electrons. The molecular weight excluding hydrogens is 416 g/mol. The lowest BCUT2D eigenvalue weighted by Gasteiger charge is -2.11. The summed E-state index contributed by atoms with van der Waals surface area (Å²) < 4.78 is 11.6. The summed E-state index contributed by atoms with van der Waals surface area (Å²) in [6.07, 6.45) is 1.57. The number of benzene rings is 2. The number of ether oxygens (including phenoxy) is 2. The Morgan fingerprint density at radius 1 is 1.31 bits per heavy atom. The van der Waals surface area contributed by atoms with E-state index in [9.17, 15) is 4.79 Å². The number of nitrogens with one attached hydrogen (secondary N) is 1. The molecule has 0 fully saturated rings. The van der Waals surface area contributed by atoms with Gasteiger partial charge in [0.05, 0.1) is 30.2 Å². The van der Waals surface area contributed by atoms with Gasteiger partial charge in [0.15, 0.2) is 11.5 Å². The topological polar surface area (TPSA) is 59.9 Å². The first-order valence-corrected chi connectivity index (χ1v) is 9.83. The number of rotatable bonds is 8. The molecule has 0 aromatic heterocycles. The number of carbonyl (C=O) groups excluding carboxylic acids is 1. The van der Waals surface area contributed by atoms with Crippen LogP contribution in [0.1, 0.15) is 18.1 Å². The summed E-state index contributed by atoms with van der Waals surface area (Å²) in [6, 6.07) is 11.7. The first-order valence-electron chi connectivity index (χ1n) is 8.05. The number of hydrogen-bond acceptors (Lipinski definition) is 5. The smallest absolute Gasteiger partial charge is 0.250 e. The van der Waals surface area contributed by atoms with Gasteiger partial charge in [-0.1, -0.05) is 17.7 Å². The van der Waals surface area contributed by atoms with Crippen molar-refractivity contribution >= 4 is 39.8 Å². The summed E-state index contributed by atoms with van der Waals surface area (Å²) in [4.78, 5) is 13.0. The van der Waals surface area contributed by atoms with Crippen molar-refractivity contribution < 1.29 is 14.3 Å². The largest absolute Gasteiger partial charge is 0.493 e. The molecule has 5 nitrogen and oxygen atoms in total. The minimum atomic E-state index is -0.163. The highest BCUT2D eigenvalue weighted by Crippen LogP contribution is 2.36. The third-order valence-electron chi connectivity index (χ3n) is 3.33. The molecule has 1 amide bonds. The first kappa shape index (κ1) is 20.3. The van der Waals surface area contributed by atoms with E-state index >= 15 is 0 Å². The van der Waals surface area contributed by atoms with E-state index in [1.807, 2.05) is 44.2 Å². The Labute approximate surface area is 166 Å². The zero-order chi connectivity index (χ0) is 18.9. The number of hydrazone groups is 1. The Morgan fingerprint density at radius 2 is 2.04 bits per heavy atom. The fraction of sp³-hybridized carbons (Fsp3) is 0.263. The molecular formula is C19H21BrN2O3S. The van der Waals surface area contributed by atoms with Crippen molar-refractivity contribution in [3.05, 3.63) is 52.0 Å². The Morgan fingerprint density at radius 3 is 2.69 bits per heavy atom. The van der Waals surface area contributed by atoms with E-state index in [-0.39, 0.29) is 5.91 Å². The van der Waals surface area contributed by atoms with Crippen LogP contribution in [0.25, 0.3) is 0 Å². The SMILES string of the molecule is CCOc1c(Br)cc(/C=N/NC(=O)CSc2ccc(C)cc2)cc1OC. The molecule has 0 aliphatic heterocycles. The summed E-state index contributed by atoms with van der Waals surface area (Å²) >= 11 is 4.93. The number of methoxy groups -OCH3 is 1. The lowest BCUT2D eigenvalue weighted by molar-refractivity contribution is -0.118. The van der Waals surface area contributed by atoms with E-state index < -0.39 is 0 Å². The molecule has 1 N–H and O–H groups in total. The third-order valence-corrected chi connectivity index (χ3v) is 4.94. The Hall–Kier alpha value is -1.99. The van der Waals surface area contributed by atoms with Gasteiger partial charge in [-0.15, -0.1) is 11.8 Å². The summed E-state index contributed by atoms with van der Waals surface area (Å²) in [7, 11) is 1.58. The van der Waals surface area contributed by atoms with Crippen molar-refractivity contribution in [1.29, 1.82) is 0 Å². The maximum Gasteiger partial charge on any atom is 0.250 e. The van der Waals surface area contributed by atoms with Gasteiger partial charge in [0.2, 0.25) is 5.91 Å². The van der Waals surface area contributed by atoms with Crippen LogP contribution in [0.15, 0.2) is 50.9 Å². The molecule has 0 saturated carbocycles. The highest BCUT2D eigenvalue weighted by Gasteiger charge is 2.10. The van der Waals surface area contributed by atoms with Crippen LogP contribution in [0.5, 0.6) is 11.5 Å². The summed E-state index contributed by atoms with van der Waals surface area (Å²) in [5.41, 5.74) is 4.51. The van der Waals surface area contributed by atoms with Crippen molar-refractivity contribution in [3.8, 4) is 11.5 Å². The number of hydrogen-bond donors (Lipinski definition) is 1. The molecule has 0 heterocycles. The zero-order valence-electron chi connectivity index (χ0n) is 14.9. The number of halogens is 1. The summed E-state index contributed by atoms with van der Waals surface area (Å²) in [5, 5.41) is 4.01. The molecule has 7 heteroatoms. The van der Waals surface area contributed by atoms with Crippen LogP contribution in [0.2, 0.25) is 0 Å². The lowest BCUT2D eigenvalue weighted by Crippen LogP contribution is -2.19. The van der Waals surface area contributed by atoms with E-state index in [1.54, 1.807) is 19.4 Å². The quantitative estimate of drug-likeness (QED) is 0.378. The monoisotopic (exact) mass is 436 g/mol. The fourth-order valence-electron chi connectivity index (χ4n) is 2.09. The van der Waals surface area contributed by atoms with Gasteiger partial charge in [0.1, 0.15) is 0 Å². The molecule has 0 spiro atoms. The summed E-state index contributed by atoms with van der Waals surface area (Å²) in [5.74, 6) is 1.38. The number of carbonyl (C=O) groups is 1. The Kier molecular flexibility index (Phi) is 8.00. The Balaban J connectivity index is 1.91. The van der Waals surface area contributed by atoms with Crippen molar-refractivity contribution in [3.63, 3.8) is 0 Å². The molecule has 0 bridgehead atoms. The van der Waals surface area contributed by atoms with Crippen LogP contribution in [0.3, 0.4) is 0 Å². The average molecular weight is 437 g/mol. The first-order chi connectivity index (χ1) is 12.5. The maximum absolute atomic E-state index is 11.9. The number of aryl methyl sites for hydroxylation is 1. The molecule has 2 rings (SSSR count). The molecule has 2 aromatic carbocycles. The van der Waals surface area contributed by atoms with Gasteiger partial charge >= 0.3 is 0 Å². The van der Waals surface area contributed by atoms with Crippen LogP contribution < -0.4 is 14.9 Å². The van der Waals surface area contributed by atoms with Crippen LogP contribution in [0.4, 0.5) is 0 Å². The van der Waals surface area contributed by atoms with Gasteiger partial charge in [0, 0.05) is 4.90 Å². The summed E-state index contributed by atoms with van der Waals surface area (Å²) in [6.45, 7) is 4.48. The predicted octanol–water partition coefficient (Wildman–Crippen LogP) is 4.41. The number of amides is 1. The third kappa shape index (κ3) is 6.07. The zero-order valence-corrected chi connectivity index (χ0v) is 17.3. The number of nitrogens with zero attached hydrogens (tertiary/aromatic N) is 1. The van der Waals surface area contributed by atoms with Crippen molar-refractivity contribution in [2.24, 2.45) is 5.10 Å². The second-order valence-electron chi connectivity index (χ2n) is 5.36. The molecule has 2 aromatic rings. The normalized spacial score (nSPS) is 10.8. The van der Waals surface area contributed by atoms with E-state index in [2.05, 4.69) is 26.5 Å². The Bertz CT molecular complexity index is 779. The van der Waals surface area contributed by atoms with Crippen LogP contribution in [-0.4, -0.2) is 31.6 Å². The van der Waals surface area contributed by atoms with Gasteiger partial charge < -0.3 is 9.47 Å². The number of thioether (sulfide) groups is 1. The lowest BCUT2D eigenvalue weighted by atomic mass is 10.2. The fourth-order valence-corrected chi connectivity index (χ4v) is 3.36. The van der Waals surface area contributed by atoms with Gasteiger partial charge in [-0.2, -0.15) is 5.10 Å². The molecule has 26 heavy (non-hydrogen) atoms. The van der Waals surface area contributed by atoms with Gasteiger partial charge in [0.25, 0.3) is 0 Å². The minimum absolute atomic E-state index is 0.163. The second-order valence-corrected chi connectivity index (χ2v) is 7.27. The predicted molar refractivity (Wildman–Crippen MR) is 110 cm³/mol. The van der Waals surface area contributed by atoms with Crippen molar-refractivity contribution in [2.45, 2.75) is 18.7 Å². The molecule has 0 aliphatic carbocycles. The minimum Gasteiger partial charge on any atom is -0.493 e. The van der Waals surface area contributed by atoms with E-state index in [0.717, 1.165) is 14.9 Å². The van der Waals surface area contributed by atoms with Gasteiger partial charge in [-0.25, -0.2) is 5.43 Å². The van der Waals surface area contributed by atoms with Gasteiger partial charge in [-0.05, 0) is 59.6 Å². The van der Waals surface area contributed by atoms with Crippen LogP contribution >= 0.6 is 27.7 Å². The van der Waals surface area contributed by atoms with Crippen LogP contribution in [-0.2, 0) is 4.79 Å². The van der Waals surface area contributed by atoms with Gasteiger partial charge in [-0.3, -0.25) is 4.79 Å². The second kappa shape index (κ2) is 10.2. The molecule has 0 saturated heterocycles. The van der Waals surface area contributed by atoms with E-state index in [1.165, 1.54) is 17.3 Å². The van der Waals surface area contributed by atoms with E-state index in [0.29, 0.717) is 23.9 Å². The molecule has 0 aliphatic rings. The van der Waals surface area contributed by atoms with E-state index in [4.69, 9.17) is 9.47 Å². The average Bonchev–Trinajstić information content (AvgIpc) is 2.63. The molecule has 0 unspecified atom stereocenters.